The van der Waals surface area contributed by atoms with Crippen LogP contribution < -0.4 is 10.2 Å². The summed E-state index contributed by atoms with van der Waals surface area (Å²) < 4.78 is 32.3. The highest BCUT2D eigenvalue weighted by Gasteiger charge is 2.32. The SMILES string of the molecule is CCCC[C@H](N=C1NS(=O)(=O)c2ccccc21)C(=O)NO[C@H]1CCCCO1. The molecule has 0 aromatic heterocycles. The van der Waals surface area contributed by atoms with Gasteiger partial charge in [-0.2, -0.15) is 0 Å². The molecule has 0 unspecified atom stereocenters. The second-order valence-electron chi connectivity index (χ2n) is 6.62. The van der Waals surface area contributed by atoms with Crippen LogP contribution in [-0.4, -0.2) is 39.1 Å². The number of nitrogens with one attached hydrogen (secondary N) is 2. The highest BCUT2D eigenvalue weighted by Crippen LogP contribution is 2.23. The van der Waals surface area contributed by atoms with E-state index in [1.165, 1.54) is 6.07 Å². The zero-order valence-corrected chi connectivity index (χ0v) is 16.1. The minimum atomic E-state index is -3.64. The largest absolute Gasteiger partial charge is 0.350 e. The van der Waals surface area contributed by atoms with Gasteiger partial charge < -0.3 is 4.74 Å². The van der Waals surface area contributed by atoms with Gasteiger partial charge in [-0.1, -0.05) is 31.9 Å². The normalized spacial score (nSPS) is 23.4. The molecule has 8 nitrogen and oxygen atoms in total. The molecule has 2 N–H and O–H groups in total. The van der Waals surface area contributed by atoms with Gasteiger partial charge in [0, 0.05) is 18.6 Å². The fourth-order valence-electron chi connectivity index (χ4n) is 3.03. The zero-order chi connectivity index (χ0) is 19.3. The molecule has 0 bridgehead atoms. The van der Waals surface area contributed by atoms with E-state index >= 15 is 0 Å². The first-order valence-electron chi connectivity index (χ1n) is 9.28. The third-order valence-electron chi connectivity index (χ3n) is 4.51. The van der Waals surface area contributed by atoms with Crippen molar-refractivity contribution in [3.05, 3.63) is 29.8 Å². The highest BCUT2D eigenvalue weighted by molar-refractivity contribution is 7.90. The molecule has 1 aromatic carbocycles. The maximum atomic E-state index is 12.6. The fraction of sp³-hybridized carbons (Fsp3) is 0.556. The van der Waals surface area contributed by atoms with Gasteiger partial charge in [-0.15, -0.1) is 0 Å². The summed E-state index contributed by atoms with van der Waals surface area (Å²) in [4.78, 5) is 22.5. The van der Waals surface area contributed by atoms with Crippen LogP contribution in [0.25, 0.3) is 0 Å². The predicted octanol–water partition coefficient (Wildman–Crippen LogP) is 1.86. The average Bonchev–Trinajstić information content (AvgIpc) is 2.94. The van der Waals surface area contributed by atoms with Crippen LogP contribution in [0.3, 0.4) is 0 Å². The molecule has 2 atom stereocenters. The Balaban J connectivity index is 1.74. The molecular weight excluding hydrogens is 370 g/mol. The van der Waals surface area contributed by atoms with Crippen molar-refractivity contribution in [3.63, 3.8) is 0 Å². The molecule has 1 amide bonds. The standard InChI is InChI=1S/C18H25N3O5S/c1-2-3-9-14(18(22)20-26-16-11-6-7-12-25-16)19-17-13-8-4-5-10-15(13)27(23,24)21-17/h4-5,8,10,14,16H,2-3,6-7,9,11-12H2,1H3,(H,19,21)(H,20,22)/t14-,16-/m0/s1. The summed E-state index contributed by atoms with van der Waals surface area (Å²) >= 11 is 0. The van der Waals surface area contributed by atoms with Crippen LogP contribution >= 0.6 is 0 Å². The molecule has 2 heterocycles. The number of rotatable bonds is 7. The van der Waals surface area contributed by atoms with Crippen LogP contribution in [-0.2, 0) is 24.4 Å². The molecule has 0 aliphatic carbocycles. The topological polar surface area (TPSA) is 106 Å². The van der Waals surface area contributed by atoms with Gasteiger partial charge in [0.25, 0.3) is 15.9 Å². The van der Waals surface area contributed by atoms with Crippen LogP contribution in [0.5, 0.6) is 0 Å². The number of aliphatic imine (C=N–C) groups is 1. The summed E-state index contributed by atoms with van der Waals surface area (Å²) in [6.07, 6.45) is 4.41. The molecular formula is C18H25N3O5S. The van der Waals surface area contributed by atoms with Crippen molar-refractivity contribution in [2.45, 2.75) is 62.7 Å². The molecule has 1 fully saturated rings. The predicted molar refractivity (Wildman–Crippen MR) is 99.4 cm³/mol. The molecule has 1 saturated heterocycles. The lowest BCUT2D eigenvalue weighted by Gasteiger charge is -2.23. The minimum Gasteiger partial charge on any atom is -0.350 e. The van der Waals surface area contributed by atoms with Crippen molar-refractivity contribution in [1.29, 1.82) is 0 Å². The van der Waals surface area contributed by atoms with Gasteiger partial charge in [0.15, 0.2) is 6.29 Å². The summed E-state index contributed by atoms with van der Waals surface area (Å²) in [5.74, 6) is -0.218. The van der Waals surface area contributed by atoms with E-state index in [2.05, 4.69) is 15.2 Å². The number of sulfonamides is 1. The second-order valence-corrected chi connectivity index (χ2v) is 8.27. The van der Waals surface area contributed by atoms with Crippen molar-refractivity contribution in [2.75, 3.05) is 6.61 Å². The van der Waals surface area contributed by atoms with Gasteiger partial charge in [0.1, 0.15) is 11.9 Å². The van der Waals surface area contributed by atoms with E-state index in [4.69, 9.17) is 9.57 Å². The van der Waals surface area contributed by atoms with Gasteiger partial charge in [-0.3, -0.25) is 14.5 Å². The Morgan fingerprint density at radius 2 is 2.22 bits per heavy atom. The number of hydrogen-bond acceptors (Lipinski definition) is 6. The highest BCUT2D eigenvalue weighted by atomic mass is 32.2. The Morgan fingerprint density at radius 1 is 1.41 bits per heavy atom. The van der Waals surface area contributed by atoms with Gasteiger partial charge in [0.05, 0.1) is 4.90 Å². The average molecular weight is 395 g/mol. The van der Waals surface area contributed by atoms with Gasteiger partial charge in [-0.25, -0.2) is 18.7 Å². The fourth-order valence-corrected chi connectivity index (χ4v) is 4.27. The number of hydroxylamine groups is 1. The number of amidine groups is 1. The molecule has 0 saturated carbocycles. The maximum absolute atomic E-state index is 12.6. The lowest BCUT2D eigenvalue weighted by molar-refractivity contribution is -0.201. The lowest BCUT2D eigenvalue weighted by Crippen LogP contribution is -2.39. The molecule has 2 aliphatic heterocycles. The Morgan fingerprint density at radius 3 is 2.96 bits per heavy atom. The van der Waals surface area contributed by atoms with E-state index in [1.54, 1.807) is 18.2 Å². The first kappa shape index (κ1) is 19.8. The quantitative estimate of drug-likeness (QED) is 0.686. The summed E-state index contributed by atoms with van der Waals surface area (Å²) in [5.41, 5.74) is 2.91. The van der Waals surface area contributed by atoms with E-state index in [0.29, 0.717) is 18.6 Å². The van der Waals surface area contributed by atoms with Crippen molar-refractivity contribution in [2.24, 2.45) is 4.99 Å². The van der Waals surface area contributed by atoms with Crippen molar-refractivity contribution in [1.82, 2.24) is 10.2 Å². The molecule has 148 valence electrons. The van der Waals surface area contributed by atoms with Gasteiger partial charge in [0.2, 0.25) is 0 Å². The van der Waals surface area contributed by atoms with Gasteiger partial charge >= 0.3 is 0 Å². The lowest BCUT2D eigenvalue weighted by atomic mass is 10.1. The van der Waals surface area contributed by atoms with E-state index < -0.39 is 28.3 Å². The van der Waals surface area contributed by atoms with Crippen LogP contribution in [0.15, 0.2) is 34.2 Å². The summed E-state index contributed by atoms with van der Waals surface area (Å²) in [6.45, 7) is 2.63. The van der Waals surface area contributed by atoms with Crippen LogP contribution in [0.1, 0.15) is 51.0 Å². The number of amides is 1. The minimum absolute atomic E-state index is 0.172. The summed E-state index contributed by atoms with van der Waals surface area (Å²) in [7, 11) is -3.64. The van der Waals surface area contributed by atoms with Gasteiger partial charge in [-0.05, 0) is 31.4 Å². The Labute approximate surface area is 159 Å². The van der Waals surface area contributed by atoms with Crippen LogP contribution in [0.2, 0.25) is 0 Å². The number of carbonyl (C=O) groups is 1. The number of hydrogen-bond donors (Lipinski definition) is 2. The Kier molecular flexibility index (Phi) is 6.46. The number of ether oxygens (including phenoxy) is 1. The monoisotopic (exact) mass is 395 g/mol. The van der Waals surface area contributed by atoms with Crippen LogP contribution in [0, 0.1) is 0 Å². The number of nitrogens with zero attached hydrogens (tertiary/aromatic N) is 1. The summed E-state index contributed by atoms with van der Waals surface area (Å²) in [6, 6.07) is 5.83. The third-order valence-corrected chi connectivity index (χ3v) is 5.91. The van der Waals surface area contributed by atoms with Crippen LogP contribution in [0.4, 0.5) is 0 Å². The van der Waals surface area contributed by atoms with E-state index in [-0.39, 0.29) is 10.7 Å². The Bertz CT molecular complexity index is 803. The third kappa shape index (κ3) is 4.85. The molecule has 2 aliphatic rings. The number of unbranched alkanes of at least 4 members (excludes halogenated alkanes) is 1. The molecule has 1 aromatic rings. The summed E-state index contributed by atoms with van der Waals surface area (Å²) in [5, 5.41) is 0. The molecule has 0 radical (unpaired) electrons. The molecule has 27 heavy (non-hydrogen) atoms. The zero-order valence-electron chi connectivity index (χ0n) is 15.3. The molecule has 3 rings (SSSR count). The number of fused-ring (bicyclic) bond motifs is 1. The maximum Gasteiger partial charge on any atom is 0.268 e. The second kappa shape index (κ2) is 8.81. The van der Waals surface area contributed by atoms with E-state index in [1.807, 2.05) is 6.92 Å². The first-order chi connectivity index (χ1) is 13.0. The van der Waals surface area contributed by atoms with Crippen molar-refractivity contribution < 1.29 is 22.8 Å². The van der Waals surface area contributed by atoms with Crippen molar-refractivity contribution >= 4 is 21.8 Å². The number of benzene rings is 1. The van der Waals surface area contributed by atoms with E-state index in [0.717, 1.165) is 32.1 Å². The smallest absolute Gasteiger partial charge is 0.268 e. The molecule has 0 spiro atoms. The number of carbonyl (C=O) groups excluding carboxylic acids is 1. The van der Waals surface area contributed by atoms with E-state index in [9.17, 15) is 13.2 Å². The first-order valence-corrected chi connectivity index (χ1v) is 10.8. The molecule has 9 heteroatoms. The Hall–Kier alpha value is -1.97. The van der Waals surface area contributed by atoms with Crippen molar-refractivity contribution in [3.8, 4) is 0 Å².